The topological polar surface area (TPSA) is 66.6 Å². The van der Waals surface area contributed by atoms with Gasteiger partial charge in [-0.15, -0.1) is 11.8 Å². The number of thioether (sulfide) groups is 1. The molecular formula is C20H20N2O2S. The SMILES string of the molecule is CSc1ccc(/C=C2\C=C(CCN(O)C(N)=O)c3ccccc32)cc1. The molecule has 0 bridgehead atoms. The second-order valence-electron chi connectivity index (χ2n) is 5.80. The highest BCUT2D eigenvalue weighted by Crippen LogP contribution is 2.38. The fourth-order valence-corrected chi connectivity index (χ4v) is 3.31. The molecule has 128 valence electrons. The van der Waals surface area contributed by atoms with Crippen LogP contribution < -0.4 is 5.73 Å². The minimum absolute atomic E-state index is 0.172. The van der Waals surface area contributed by atoms with Crippen molar-refractivity contribution in [3.05, 3.63) is 71.3 Å². The number of hydrogen-bond acceptors (Lipinski definition) is 3. The van der Waals surface area contributed by atoms with Crippen LogP contribution in [0.25, 0.3) is 17.2 Å². The highest BCUT2D eigenvalue weighted by atomic mass is 32.2. The van der Waals surface area contributed by atoms with Gasteiger partial charge in [0.25, 0.3) is 0 Å². The predicted molar refractivity (Wildman–Crippen MR) is 103 cm³/mol. The Bertz CT molecular complexity index is 841. The Morgan fingerprint density at radius 2 is 1.84 bits per heavy atom. The van der Waals surface area contributed by atoms with Gasteiger partial charge in [0.15, 0.2) is 0 Å². The highest BCUT2D eigenvalue weighted by molar-refractivity contribution is 7.98. The van der Waals surface area contributed by atoms with Gasteiger partial charge in [0.1, 0.15) is 0 Å². The summed E-state index contributed by atoms with van der Waals surface area (Å²) in [7, 11) is 0. The van der Waals surface area contributed by atoms with Crippen LogP contribution >= 0.6 is 11.8 Å². The molecule has 0 aromatic heterocycles. The zero-order valence-electron chi connectivity index (χ0n) is 14.0. The largest absolute Gasteiger partial charge is 0.350 e. The van der Waals surface area contributed by atoms with Gasteiger partial charge < -0.3 is 5.73 Å². The summed E-state index contributed by atoms with van der Waals surface area (Å²) in [6.45, 7) is 0.172. The third kappa shape index (κ3) is 3.95. The zero-order valence-corrected chi connectivity index (χ0v) is 14.8. The Labute approximate surface area is 151 Å². The van der Waals surface area contributed by atoms with E-state index in [2.05, 4.69) is 54.8 Å². The van der Waals surface area contributed by atoms with Crippen molar-refractivity contribution in [3.8, 4) is 0 Å². The number of hydrogen-bond donors (Lipinski definition) is 2. The summed E-state index contributed by atoms with van der Waals surface area (Å²) in [5.74, 6) is 0. The van der Waals surface area contributed by atoms with Crippen molar-refractivity contribution in [3.63, 3.8) is 0 Å². The van der Waals surface area contributed by atoms with E-state index in [1.807, 2.05) is 12.1 Å². The maximum Gasteiger partial charge on any atom is 0.338 e. The number of rotatable bonds is 5. The first-order chi connectivity index (χ1) is 12.1. The number of fused-ring (bicyclic) bond motifs is 1. The quantitative estimate of drug-likeness (QED) is 0.473. The second kappa shape index (κ2) is 7.59. The van der Waals surface area contributed by atoms with Crippen LogP contribution in [-0.4, -0.2) is 29.1 Å². The number of urea groups is 1. The number of benzene rings is 2. The van der Waals surface area contributed by atoms with E-state index in [9.17, 15) is 10.0 Å². The third-order valence-corrected chi connectivity index (χ3v) is 4.94. The number of hydroxylamine groups is 2. The second-order valence-corrected chi connectivity index (χ2v) is 6.68. The van der Waals surface area contributed by atoms with Crippen LogP contribution in [0, 0.1) is 0 Å². The average molecular weight is 352 g/mol. The van der Waals surface area contributed by atoms with Crippen LogP contribution in [0.3, 0.4) is 0 Å². The van der Waals surface area contributed by atoms with E-state index in [-0.39, 0.29) is 6.54 Å². The van der Waals surface area contributed by atoms with Crippen LogP contribution in [0.2, 0.25) is 0 Å². The Kier molecular flexibility index (Phi) is 5.26. The summed E-state index contributed by atoms with van der Waals surface area (Å²) in [6, 6.07) is 15.8. The molecule has 2 amide bonds. The van der Waals surface area contributed by atoms with Gasteiger partial charge in [-0.3, -0.25) is 5.21 Å². The van der Waals surface area contributed by atoms with Crippen molar-refractivity contribution >= 4 is 35.0 Å². The molecule has 0 atom stereocenters. The summed E-state index contributed by atoms with van der Waals surface area (Å²) in [5.41, 5.74) is 10.7. The van der Waals surface area contributed by atoms with Crippen molar-refractivity contribution in [2.45, 2.75) is 11.3 Å². The number of primary amides is 1. The number of nitrogens with two attached hydrogens (primary N) is 1. The van der Waals surface area contributed by atoms with Gasteiger partial charge in [0.05, 0.1) is 6.54 Å². The smallest absolute Gasteiger partial charge is 0.338 e. The van der Waals surface area contributed by atoms with Gasteiger partial charge in [-0.1, -0.05) is 42.5 Å². The van der Waals surface area contributed by atoms with E-state index in [4.69, 9.17) is 5.73 Å². The molecule has 0 spiro atoms. The van der Waals surface area contributed by atoms with Crippen molar-refractivity contribution < 1.29 is 10.0 Å². The normalized spacial score (nSPS) is 14.3. The Hall–Kier alpha value is -2.50. The molecule has 1 aliphatic rings. The van der Waals surface area contributed by atoms with E-state index in [1.54, 1.807) is 11.8 Å². The van der Waals surface area contributed by atoms with Crippen LogP contribution in [0.1, 0.15) is 23.1 Å². The van der Waals surface area contributed by atoms with Gasteiger partial charge in [0, 0.05) is 4.90 Å². The van der Waals surface area contributed by atoms with E-state index < -0.39 is 6.03 Å². The molecule has 0 unspecified atom stereocenters. The van der Waals surface area contributed by atoms with Crippen LogP contribution in [0.4, 0.5) is 4.79 Å². The van der Waals surface area contributed by atoms with Crippen LogP contribution in [0.15, 0.2) is 59.5 Å². The van der Waals surface area contributed by atoms with Crippen molar-refractivity contribution in [2.75, 3.05) is 12.8 Å². The van der Waals surface area contributed by atoms with Crippen molar-refractivity contribution in [2.24, 2.45) is 5.73 Å². The first kappa shape index (κ1) is 17.3. The van der Waals surface area contributed by atoms with Crippen molar-refractivity contribution in [1.29, 1.82) is 0 Å². The van der Waals surface area contributed by atoms with E-state index >= 15 is 0 Å². The minimum atomic E-state index is -0.837. The van der Waals surface area contributed by atoms with E-state index in [1.165, 1.54) is 4.90 Å². The molecular weight excluding hydrogens is 332 g/mol. The van der Waals surface area contributed by atoms with Gasteiger partial charge in [-0.05, 0) is 58.7 Å². The van der Waals surface area contributed by atoms with Crippen LogP contribution in [-0.2, 0) is 0 Å². The molecule has 25 heavy (non-hydrogen) atoms. The molecule has 0 saturated heterocycles. The first-order valence-corrected chi connectivity index (χ1v) is 9.23. The Morgan fingerprint density at radius 3 is 2.48 bits per heavy atom. The molecule has 4 nitrogen and oxygen atoms in total. The first-order valence-electron chi connectivity index (χ1n) is 8.00. The summed E-state index contributed by atoms with van der Waals surface area (Å²) >= 11 is 1.72. The summed E-state index contributed by atoms with van der Waals surface area (Å²) in [6.07, 6.45) is 6.87. The molecule has 0 radical (unpaired) electrons. The van der Waals surface area contributed by atoms with Gasteiger partial charge in [-0.2, -0.15) is 0 Å². The number of carbonyl (C=O) groups excluding carboxylic acids is 1. The van der Waals surface area contributed by atoms with Crippen molar-refractivity contribution in [1.82, 2.24) is 5.06 Å². The molecule has 0 aliphatic heterocycles. The number of allylic oxidation sites excluding steroid dienone is 2. The highest BCUT2D eigenvalue weighted by Gasteiger charge is 2.18. The maximum atomic E-state index is 11.0. The standard InChI is InChI=1S/C20H20N2O2S/c1-25-17-8-6-14(7-9-17)12-16-13-15(10-11-22(24)20(21)23)18-4-2-3-5-19(16)18/h2-9,12-13,24H,10-11H2,1H3,(H2,21,23)/b16-12+. The molecule has 3 rings (SSSR count). The molecule has 0 heterocycles. The molecule has 2 aromatic carbocycles. The maximum absolute atomic E-state index is 11.0. The lowest BCUT2D eigenvalue weighted by molar-refractivity contribution is -0.0372. The molecule has 2 aromatic rings. The van der Waals surface area contributed by atoms with Gasteiger partial charge >= 0.3 is 6.03 Å². The summed E-state index contributed by atoms with van der Waals surface area (Å²) in [5, 5.41) is 10.0. The number of amides is 2. The van der Waals surface area contributed by atoms with Gasteiger partial charge in [0.2, 0.25) is 0 Å². The Balaban J connectivity index is 1.88. The minimum Gasteiger partial charge on any atom is -0.350 e. The number of nitrogens with zero attached hydrogens (tertiary/aromatic N) is 1. The lowest BCUT2D eigenvalue weighted by atomic mass is 10.0. The predicted octanol–water partition coefficient (Wildman–Crippen LogP) is 4.51. The third-order valence-electron chi connectivity index (χ3n) is 4.20. The average Bonchev–Trinajstić information content (AvgIpc) is 2.98. The molecule has 0 fully saturated rings. The Morgan fingerprint density at radius 1 is 1.16 bits per heavy atom. The molecule has 3 N–H and O–H groups in total. The number of carbonyl (C=O) groups is 1. The molecule has 1 aliphatic carbocycles. The zero-order chi connectivity index (χ0) is 17.8. The lowest BCUT2D eigenvalue weighted by Crippen LogP contribution is -2.33. The molecule has 0 saturated carbocycles. The van der Waals surface area contributed by atoms with Crippen LogP contribution in [0.5, 0.6) is 0 Å². The fraction of sp³-hybridized carbons (Fsp3) is 0.150. The summed E-state index contributed by atoms with van der Waals surface area (Å²) in [4.78, 5) is 12.2. The monoisotopic (exact) mass is 352 g/mol. The van der Waals surface area contributed by atoms with E-state index in [0.29, 0.717) is 11.5 Å². The fourth-order valence-electron chi connectivity index (χ4n) is 2.90. The van der Waals surface area contributed by atoms with Gasteiger partial charge in [-0.25, -0.2) is 9.86 Å². The summed E-state index contributed by atoms with van der Waals surface area (Å²) < 4.78 is 0. The lowest BCUT2D eigenvalue weighted by Gasteiger charge is -2.12. The van der Waals surface area contributed by atoms with E-state index in [0.717, 1.165) is 27.8 Å². The molecule has 5 heteroatoms.